The Morgan fingerprint density at radius 3 is 2.58 bits per heavy atom. The minimum Gasteiger partial charge on any atom is -0.494 e. The number of hydrogen-bond donors (Lipinski definition) is 3. The third-order valence-electron chi connectivity index (χ3n) is 8.46. The predicted molar refractivity (Wildman–Crippen MR) is 139 cm³/mol. The number of fused-ring (bicyclic) bond motifs is 1. The first kappa shape index (κ1) is 25.2. The monoisotopic (exact) mass is 493 g/mol. The molecule has 3 aliphatic rings. The van der Waals surface area contributed by atoms with Gasteiger partial charge in [0.2, 0.25) is 5.91 Å². The zero-order valence-corrected chi connectivity index (χ0v) is 21.4. The lowest BCUT2D eigenvalue weighted by atomic mass is 9.78. The van der Waals surface area contributed by atoms with E-state index < -0.39 is 18.1 Å². The lowest BCUT2D eigenvalue weighted by Gasteiger charge is -2.31. The summed E-state index contributed by atoms with van der Waals surface area (Å²) in [5.41, 5.74) is 5.01. The van der Waals surface area contributed by atoms with Crippen LogP contribution in [-0.4, -0.2) is 35.1 Å². The van der Waals surface area contributed by atoms with Crippen molar-refractivity contribution in [3.8, 4) is 16.9 Å². The molecule has 3 fully saturated rings. The van der Waals surface area contributed by atoms with Crippen molar-refractivity contribution < 1.29 is 24.5 Å². The summed E-state index contributed by atoms with van der Waals surface area (Å²) in [7, 11) is 0. The van der Waals surface area contributed by atoms with Crippen molar-refractivity contribution in [3.63, 3.8) is 0 Å². The highest BCUT2D eigenvalue weighted by Gasteiger charge is 2.46. The van der Waals surface area contributed by atoms with Crippen LogP contribution in [0.5, 0.6) is 5.75 Å². The number of carbonyl (C=O) groups is 1. The zero-order chi connectivity index (χ0) is 25.2. The molecule has 0 bridgehead atoms. The number of anilines is 1. The van der Waals surface area contributed by atoms with Crippen LogP contribution in [0.4, 0.5) is 5.69 Å². The van der Waals surface area contributed by atoms with Gasteiger partial charge in [-0.25, -0.2) is 0 Å². The summed E-state index contributed by atoms with van der Waals surface area (Å²) >= 11 is 0. The second-order valence-corrected chi connectivity index (χ2v) is 10.9. The van der Waals surface area contributed by atoms with Crippen LogP contribution < -0.4 is 10.1 Å². The molecule has 0 spiro atoms. The number of aliphatic hydroxyl groups is 2. The van der Waals surface area contributed by atoms with Gasteiger partial charge >= 0.3 is 0 Å². The quantitative estimate of drug-likeness (QED) is 0.405. The average molecular weight is 494 g/mol. The molecule has 194 valence electrons. The summed E-state index contributed by atoms with van der Waals surface area (Å²) in [5, 5.41) is 22.7. The fraction of sp³-hybridized carbons (Fsp3) is 0.567. The molecule has 2 aromatic carbocycles. The third kappa shape index (κ3) is 5.46. The molecule has 2 unspecified atom stereocenters. The fourth-order valence-electron chi connectivity index (χ4n) is 6.35. The number of amides is 1. The number of rotatable bonds is 9. The summed E-state index contributed by atoms with van der Waals surface area (Å²) < 4.78 is 12.2. The molecule has 2 aromatic rings. The van der Waals surface area contributed by atoms with Gasteiger partial charge in [0, 0.05) is 17.5 Å². The molecule has 0 heterocycles. The van der Waals surface area contributed by atoms with E-state index in [0.717, 1.165) is 65.5 Å². The van der Waals surface area contributed by atoms with E-state index in [1.54, 1.807) is 0 Å². The molecule has 3 aliphatic carbocycles. The van der Waals surface area contributed by atoms with Crippen molar-refractivity contribution >= 4 is 11.6 Å². The highest BCUT2D eigenvalue weighted by Crippen LogP contribution is 2.52. The molecule has 3 saturated carbocycles. The topological polar surface area (TPSA) is 88.0 Å². The smallest absolute Gasteiger partial charge is 0.227 e. The zero-order valence-electron chi connectivity index (χ0n) is 21.4. The van der Waals surface area contributed by atoms with Gasteiger partial charge in [0.1, 0.15) is 5.75 Å². The van der Waals surface area contributed by atoms with E-state index in [1.165, 1.54) is 6.42 Å². The fourth-order valence-corrected chi connectivity index (χ4v) is 6.35. The van der Waals surface area contributed by atoms with Crippen molar-refractivity contribution in [1.29, 1.82) is 0 Å². The maximum atomic E-state index is 13.1. The normalized spacial score (nSPS) is 27.1. The van der Waals surface area contributed by atoms with Gasteiger partial charge in [0.05, 0.1) is 19.3 Å². The van der Waals surface area contributed by atoms with Gasteiger partial charge in [0.25, 0.3) is 0 Å². The van der Waals surface area contributed by atoms with Crippen LogP contribution in [0.1, 0.15) is 63.0 Å². The molecule has 0 saturated heterocycles. The summed E-state index contributed by atoms with van der Waals surface area (Å²) in [5.74, 6) is 1.64. The number of carbonyl (C=O) groups excluding carboxylic acids is 1. The van der Waals surface area contributed by atoms with Crippen molar-refractivity contribution in [3.05, 3.63) is 47.5 Å². The molecular weight excluding hydrogens is 454 g/mol. The Morgan fingerprint density at radius 1 is 1.06 bits per heavy atom. The molecule has 36 heavy (non-hydrogen) atoms. The predicted octanol–water partition coefficient (Wildman–Crippen LogP) is 5.43. The molecule has 0 aromatic heterocycles. The Morgan fingerprint density at radius 2 is 1.83 bits per heavy atom. The van der Waals surface area contributed by atoms with E-state index in [2.05, 4.69) is 24.4 Å². The number of ether oxygens (including phenoxy) is 2. The Labute approximate surface area is 214 Å². The molecule has 3 N–H and O–H groups in total. The van der Waals surface area contributed by atoms with Crippen molar-refractivity contribution in [2.45, 2.75) is 77.8 Å². The highest BCUT2D eigenvalue weighted by atomic mass is 16.5. The molecule has 4 atom stereocenters. The number of nitrogens with one attached hydrogen (secondary N) is 1. The average Bonchev–Trinajstić information content (AvgIpc) is 3.49. The molecule has 1 amide bonds. The van der Waals surface area contributed by atoms with Crippen molar-refractivity contribution in [2.75, 3.05) is 11.9 Å². The van der Waals surface area contributed by atoms with E-state index in [4.69, 9.17) is 9.47 Å². The van der Waals surface area contributed by atoms with Crippen LogP contribution in [0.15, 0.2) is 36.4 Å². The van der Waals surface area contributed by atoms with Crippen LogP contribution in [0.25, 0.3) is 11.1 Å². The van der Waals surface area contributed by atoms with Gasteiger partial charge in [-0.2, -0.15) is 0 Å². The summed E-state index contributed by atoms with van der Waals surface area (Å²) in [6, 6.07) is 12.1. The van der Waals surface area contributed by atoms with E-state index >= 15 is 0 Å². The summed E-state index contributed by atoms with van der Waals surface area (Å²) in [4.78, 5) is 13.1. The largest absolute Gasteiger partial charge is 0.494 e. The number of aliphatic hydroxyl groups excluding tert-OH is 1. The van der Waals surface area contributed by atoms with E-state index in [1.807, 2.05) is 31.2 Å². The van der Waals surface area contributed by atoms with Crippen molar-refractivity contribution in [1.82, 2.24) is 0 Å². The first-order valence-electron chi connectivity index (χ1n) is 13.6. The molecule has 0 aliphatic heterocycles. The SMILES string of the molecule is CCOc1cccc(-c2ccc(NC(=O)[C@H]3CCCC[C@H]3C(O)O)cc2COC2CC3CC3C2)c1C. The second kappa shape index (κ2) is 10.9. The van der Waals surface area contributed by atoms with Gasteiger partial charge in [-0.05, 0) is 98.2 Å². The Kier molecular flexibility index (Phi) is 7.65. The van der Waals surface area contributed by atoms with Gasteiger partial charge < -0.3 is 25.0 Å². The molecule has 6 heteroatoms. The van der Waals surface area contributed by atoms with E-state index in [0.29, 0.717) is 37.8 Å². The Balaban J connectivity index is 1.39. The summed E-state index contributed by atoms with van der Waals surface area (Å²) in [6.07, 6.45) is 5.70. The van der Waals surface area contributed by atoms with Gasteiger partial charge in [-0.1, -0.05) is 31.0 Å². The van der Waals surface area contributed by atoms with Crippen molar-refractivity contribution in [2.24, 2.45) is 23.7 Å². The van der Waals surface area contributed by atoms with E-state index in [9.17, 15) is 15.0 Å². The van der Waals surface area contributed by atoms with Gasteiger partial charge in [-0.3, -0.25) is 4.79 Å². The van der Waals surface area contributed by atoms with E-state index in [-0.39, 0.29) is 5.91 Å². The van der Waals surface area contributed by atoms with Crippen LogP contribution >= 0.6 is 0 Å². The molecule has 5 rings (SSSR count). The van der Waals surface area contributed by atoms with Crippen LogP contribution in [0, 0.1) is 30.6 Å². The van der Waals surface area contributed by atoms with Crippen LogP contribution in [0.3, 0.4) is 0 Å². The molecular formula is C30H39NO5. The highest BCUT2D eigenvalue weighted by molar-refractivity contribution is 5.93. The first-order chi connectivity index (χ1) is 17.4. The van der Waals surface area contributed by atoms with Crippen LogP contribution in [0.2, 0.25) is 0 Å². The molecule has 0 radical (unpaired) electrons. The number of benzene rings is 2. The maximum absolute atomic E-state index is 13.1. The van der Waals surface area contributed by atoms with Gasteiger partial charge in [0.15, 0.2) is 6.29 Å². The Bertz CT molecular complexity index is 1070. The standard InChI is InChI=1S/C30H39NO5/c1-3-35-28-10-6-9-24(18(28)2)25-12-11-22(14-21(25)17-36-23-15-19-13-20(19)16-23)31-29(32)26-7-4-5-8-27(26)30(33)34/h6,9-12,14,19-20,23,26-27,30,33-34H,3-5,7-8,13,15-17H2,1-2H3,(H,31,32)/t19?,20?,23?,26-,27+/m0/s1. The lowest BCUT2D eigenvalue weighted by molar-refractivity contribution is -0.138. The Hall–Kier alpha value is -2.41. The second-order valence-electron chi connectivity index (χ2n) is 10.9. The minimum absolute atomic E-state index is 0.141. The molecule has 6 nitrogen and oxygen atoms in total. The minimum atomic E-state index is -1.47. The van der Waals surface area contributed by atoms with Gasteiger partial charge in [-0.15, -0.1) is 0 Å². The first-order valence-corrected chi connectivity index (χ1v) is 13.6. The third-order valence-corrected chi connectivity index (χ3v) is 8.46. The van der Waals surface area contributed by atoms with Crippen LogP contribution in [-0.2, 0) is 16.1 Å². The maximum Gasteiger partial charge on any atom is 0.227 e. The summed E-state index contributed by atoms with van der Waals surface area (Å²) in [6.45, 7) is 5.17. The number of hydrogen-bond acceptors (Lipinski definition) is 5. The lowest BCUT2D eigenvalue weighted by Crippen LogP contribution is -2.38.